The summed E-state index contributed by atoms with van der Waals surface area (Å²) >= 11 is 3.62. The van der Waals surface area contributed by atoms with E-state index in [1.807, 2.05) is 30.0 Å². The number of ether oxygens (including phenoxy) is 1. The zero-order chi connectivity index (χ0) is 13.8. The minimum atomic E-state index is 0.0145. The van der Waals surface area contributed by atoms with Crippen molar-refractivity contribution < 1.29 is 9.53 Å². The number of hydrogen-bond acceptors (Lipinski definition) is 4. The first-order valence-corrected chi connectivity index (χ1v) is 9.34. The lowest BCUT2D eigenvalue weighted by Gasteiger charge is -2.37. The number of ketones is 1. The average molecular weight is 308 g/mol. The predicted octanol–water partition coefficient (Wildman–Crippen LogP) is 3.65. The highest BCUT2D eigenvalue weighted by molar-refractivity contribution is 8.00. The maximum Gasteiger partial charge on any atom is 0.146 e. The Morgan fingerprint density at radius 3 is 3.00 bits per heavy atom. The van der Waals surface area contributed by atoms with Crippen molar-refractivity contribution in [1.82, 2.24) is 0 Å². The Balaban J connectivity index is 1.54. The Morgan fingerprint density at radius 1 is 1.40 bits per heavy atom. The van der Waals surface area contributed by atoms with E-state index in [0.29, 0.717) is 11.5 Å². The second-order valence-electron chi connectivity index (χ2n) is 5.59. The molecule has 0 N–H and O–H groups in total. The molecule has 4 heteroatoms. The van der Waals surface area contributed by atoms with Crippen LogP contribution >= 0.6 is 23.5 Å². The maximum absolute atomic E-state index is 12.4. The molecule has 3 rings (SSSR count). The Kier molecular flexibility index (Phi) is 4.74. The van der Waals surface area contributed by atoms with E-state index in [-0.39, 0.29) is 11.5 Å². The smallest absolute Gasteiger partial charge is 0.146 e. The van der Waals surface area contributed by atoms with E-state index in [9.17, 15) is 4.79 Å². The van der Waals surface area contributed by atoms with Gasteiger partial charge in [0.15, 0.2) is 0 Å². The van der Waals surface area contributed by atoms with Crippen LogP contribution in [0.4, 0.5) is 0 Å². The van der Waals surface area contributed by atoms with E-state index < -0.39 is 0 Å². The first-order valence-electron chi connectivity index (χ1n) is 7.20. The molecule has 2 nitrogen and oxygen atoms in total. The van der Waals surface area contributed by atoms with Gasteiger partial charge in [0.2, 0.25) is 0 Å². The zero-order valence-electron chi connectivity index (χ0n) is 11.5. The second-order valence-corrected chi connectivity index (χ2v) is 7.75. The number of rotatable bonds is 4. The molecule has 2 atom stereocenters. The van der Waals surface area contributed by atoms with Gasteiger partial charge < -0.3 is 4.74 Å². The van der Waals surface area contributed by atoms with Crippen molar-refractivity contribution in [2.45, 2.75) is 29.8 Å². The summed E-state index contributed by atoms with van der Waals surface area (Å²) in [7, 11) is 0. The Morgan fingerprint density at radius 2 is 2.25 bits per heavy atom. The highest BCUT2D eigenvalue weighted by Gasteiger charge is 2.42. The fourth-order valence-electron chi connectivity index (χ4n) is 2.95. The highest BCUT2D eigenvalue weighted by Crippen LogP contribution is 2.40. The minimum absolute atomic E-state index is 0.0145. The van der Waals surface area contributed by atoms with Gasteiger partial charge in [-0.05, 0) is 37.1 Å². The van der Waals surface area contributed by atoms with Gasteiger partial charge >= 0.3 is 0 Å². The first kappa shape index (κ1) is 14.5. The third-order valence-electron chi connectivity index (χ3n) is 4.14. The van der Waals surface area contributed by atoms with E-state index in [4.69, 9.17) is 4.74 Å². The van der Waals surface area contributed by atoms with Crippen molar-refractivity contribution in [3.8, 4) is 0 Å². The van der Waals surface area contributed by atoms with E-state index in [1.165, 1.54) is 10.6 Å². The summed E-state index contributed by atoms with van der Waals surface area (Å²) in [6.45, 7) is 0.757. The molecule has 2 saturated heterocycles. The molecule has 2 unspecified atom stereocenters. The van der Waals surface area contributed by atoms with Crippen molar-refractivity contribution in [2.24, 2.45) is 5.92 Å². The molecule has 2 fully saturated rings. The van der Waals surface area contributed by atoms with Crippen LogP contribution in [0.15, 0.2) is 35.2 Å². The molecule has 0 amide bonds. The van der Waals surface area contributed by atoms with Crippen molar-refractivity contribution in [3.05, 3.63) is 30.3 Å². The van der Waals surface area contributed by atoms with Gasteiger partial charge in [-0.25, -0.2) is 0 Å². The van der Waals surface area contributed by atoms with Crippen LogP contribution in [0.2, 0.25) is 0 Å². The Bertz CT molecular complexity index is 455. The molecule has 2 aliphatic heterocycles. The molecule has 0 aliphatic carbocycles. The first-order chi connectivity index (χ1) is 9.77. The standard InChI is InChI=1S/C16H20O2S2/c17-15(11-20-14-4-2-1-3-5-14)13-6-8-18-16(10-13)7-9-19-12-16/h1-5,13H,6-12H2. The molecular weight excluding hydrogens is 288 g/mol. The lowest BCUT2D eigenvalue weighted by Crippen LogP contribution is -2.42. The van der Waals surface area contributed by atoms with E-state index >= 15 is 0 Å². The maximum atomic E-state index is 12.4. The number of carbonyl (C=O) groups excluding carboxylic acids is 1. The fraction of sp³-hybridized carbons (Fsp3) is 0.562. The highest BCUT2D eigenvalue weighted by atomic mass is 32.2. The summed E-state index contributed by atoms with van der Waals surface area (Å²) < 4.78 is 5.99. The molecule has 0 saturated carbocycles. The molecule has 0 aromatic heterocycles. The topological polar surface area (TPSA) is 26.3 Å². The SMILES string of the molecule is O=C(CSc1ccccc1)C1CCOC2(CCSC2)C1. The quantitative estimate of drug-likeness (QED) is 0.793. The predicted molar refractivity (Wildman–Crippen MR) is 85.5 cm³/mol. The monoisotopic (exact) mass is 308 g/mol. The molecule has 0 bridgehead atoms. The van der Waals surface area contributed by atoms with Crippen molar-refractivity contribution in [3.63, 3.8) is 0 Å². The van der Waals surface area contributed by atoms with Crippen LogP contribution in [0.3, 0.4) is 0 Å². The summed E-state index contributed by atoms with van der Waals surface area (Å²) in [5.41, 5.74) is 0.0145. The van der Waals surface area contributed by atoms with Crippen molar-refractivity contribution in [2.75, 3.05) is 23.9 Å². The summed E-state index contributed by atoms with van der Waals surface area (Å²) in [5.74, 6) is 3.46. The normalized spacial score (nSPS) is 29.7. The van der Waals surface area contributed by atoms with E-state index in [0.717, 1.165) is 31.6 Å². The van der Waals surface area contributed by atoms with Crippen LogP contribution in [0.25, 0.3) is 0 Å². The second kappa shape index (κ2) is 6.54. The van der Waals surface area contributed by atoms with Gasteiger partial charge in [-0.2, -0.15) is 11.8 Å². The molecule has 20 heavy (non-hydrogen) atoms. The number of carbonyl (C=O) groups is 1. The molecule has 1 aromatic carbocycles. The van der Waals surface area contributed by atoms with Crippen LogP contribution < -0.4 is 0 Å². The van der Waals surface area contributed by atoms with Crippen LogP contribution in [-0.4, -0.2) is 35.2 Å². The number of Topliss-reactive ketones (excluding diaryl/α,β-unsaturated/α-hetero) is 1. The average Bonchev–Trinajstić information content (AvgIpc) is 2.93. The van der Waals surface area contributed by atoms with Gasteiger partial charge in [0.25, 0.3) is 0 Å². The number of thioether (sulfide) groups is 2. The summed E-state index contributed by atoms with van der Waals surface area (Å²) in [4.78, 5) is 13.6. The van der Waals surface area contributed by atoms with Gasteiger partial charge in [0.1, 0.15) is 5.78 Å². The molecule has 1 aromatic rings. The van der Waals surface area contributed by atoms with Gasteiger partial charge in [-0.3, -0.25) is 4.79 Å². The Labute approximate surface area is 129 Å². The van der Waals surface area contributed by atoms with E-state index in [1.54, 1.807) is 11.8 Å². The van der Waals surface area contributed by atoms with Gasteiger partial charge in [-0.15, -0.1) is 11.8 Å². The van der Waals surface area contributed by atoms with Gasteiger partial charge in [0.05, 0.1) is 11.4 Å². The summed E-state index contributed by atoms with van der Waals surface area (Å²) in [5, 5.41) is 0. The van der Waals surface area contributed by atoms with Crippen LogP contribution in [0.5, 0.6) is 0 Å². The molecular formula is C16H20O2S2. The number of hydrogen-bond donors (Lipinski definition) is 0. The zero-order valence-corrected chi connectivity index (χ0v) is 13.2. The number of benzene rings is 1. The van der Waals surface area contributed by atoms with Crippen LogP contribution in [0.1, 0.15) is 19.3 Å². The van der Waals surface area contributed by atoms with E-state index in [2.05, 4.69) is 12.1 Å². The van der Waals surface area contributed by atoms with Crippen molar-refractivity contribution >= 4 is 29.3 Å². The minimum Gasteiger partial charge on any atom is -0.374 e. The van der Waals surface area contributed by atoms with Gasteiger partial charge in [-0.1, -0.05) is 18.2 Å². The van der Waals surface area contributed by atoms with Crippen LogP contribution in [-0.2, 0) is 9.53 Å². The van der Waals surface area contributed by atoms with Crippen molar-refractivity contribution in [1.29, 1.82) is 0 Å². The molecule has 2 aliphatic rings. The molecule has 0 radical (unpaired) electrons. The third kappa shape index (κ3) is 3.41. The largest absolute Gasteiger partial charge is 0.374 e. The summed E-state index contributed by atoms with van der Waals surface area (Å²) in [6.07, 6.45) is 2.96. The molecule has 2 heterocycles. The fourth-order valence-corrected chi connectivity index (χ4v) is 5.23. The lowest BCUT2D eigenvalue weighted by molar-refractivity contribution is -0.131. The third-order valence-corrected chi connectivity index (χ3v) is 6.40. The molecule has 1 spiro atoms. The molecule has 108 valence electrons. The lowest BCUT2D eigenvalue weighted by atomic mass is 9.83. The summed E-state index contributed by atoms with van der Waals surface area (Å²) in [6, 6.07) is 10.2. The Hall–Kier alpha value is -0.450. The van der Waals surface area contributed by atoms with Gasteiger partial charge in [0, 0.05) is 23.2 Å². The van der Waals surface area contributed by atoms with Crippen LogP contribution in [0, 0.1) is 5.92 Å².